The predicted octanol–water partition coefficient (Wildman–Crippen LogP) is 5.71. The van der Waals surface area contributed by atoms with Gasteiger partial charge in [0, 0.05) is 26.0 Å². The fourth-order valence-electron chi connectivity index (χ4n) is 5.10. The summed E-state index contributed by atoms with van der Waals surface area (Å²) in [4.78, 5) is 4.66. The monoisotopic (exact) mass is 595 g/mol. The molecule has 4 atom stereocenters. The average molecular weight is 595 g/mol. The Morgan fingerprint density at radius 3 is 2.39 bits per heavy atom. The molecule has 2 aliphatic rings. The Labute approximate surface area is 199 Å². The second-order valence-electron chi connectivity index (χ2n) is 8.86. The van der Waals surface area contributed by atoms with E-state index in [2.05, 4.69) is 42.2 Å². The fraction of sp³-hybridized carbons (Fsp3) is 0.444. The summed E-state index contributed by atoms with van der Waals surface area (Å²) in [7, 11) is 0. The van der Waals surface area contributed by atoms with Crippen LogP contribution in [0.1, 0.15) is 50.5 Å². The van der Waals surface area contributed by atoms with Gasteiger partial charge >= 0.3 is 0 Å². The zero-order chi connectivity index (χ0) is 20.9. The van der Waals surface area contributed by atoms with E-state index in [4.69, 9.17) is 0 Å². The molecule has 1 radical (unpaired) electrons. The minimum absolute atomic E-state index is 0. The number of benzene rings is 2. The number of rotatable bonds is 1. The van der Waals surface area contributed by atoms with Gasteiger partial charge in [0.05, 0.1) is 17.7 Å². The van der Waals surface area contributed by atoms with Crippen molar-refractivity contribution >= 4 is 10.9 Å². The van der Waals surface area contributed by atoms with Crippen LogP contribution in [-0.4, -0.2) is 27.4 Å². The van der Waals surface area contributed by atoms with Gasteiger partial charge in [0.1, 0.15) is 0 Å². The molecule has 2 saturated carbocycles. The standard InChI is InChI=1S/C16H12N.C11H20O2.Ir/c1-12-7-9-16-14(11-12)8-10-15(17-16)13-5-3-2-4-6-13;12-9-6-2-1-4-8-5-3-7-10(13)11(8)9;/h2-5,7-11H,1H3;8-13H,1-7H2;/q-1;;. The first-order valence-corrected chi connectivity index (χ1v) is 11.3. The minimum Gasteiger partial charge on any atom is -0.393 e. The Balaban J connectivity index is 0.000000176. The molecular formula is C27H32IrNO2-. The molecule has 5 rings (SSSR count). The number of hydrogen-bond donors (Lipinski definition) is 2. The second kappa shape index (κ2) is 11.3. The molecule has 2 N–H and O–H groups in total. The molecule has 3 nitrogen and oxygen atoms in total. The first kappa shape index (κ1) is 24.1. The Morgan fingerprint density at radius 1 is 0.871 bits per heavy atom. The minimum atomic E-state index is -0.234. The van der Waals surface area contributed by atoms with Gasteiger partial charge < -0.3 is 10.2 Å². The number of aliphatic hydroxyl groups is 2. The summed E-state index contributed by atoms with van der Waals surface area (Å²) in [5, 5.41) is 20.9. The molecular weight excluding hydrogens is 563 g/mol. The van der Waals surface area contributed by atoms with Crippen molar-refractivity contribution < 1.29 is 30.3 Å². The molecule has 1 aromatic heterocycles. The van der Waals surface area contributed by atoms with Crippen LogP contribution >= 0.6 is 0 Å². The summed E-state index contributed by atoms with van der Waals surface area (Å²) >= 11 is 0. The summed E-state index contributed by atoms with van der Waals surface area (Å²) in [5.41, 5.74) is 4.31. The summed E-state index contributed by atoms with van der Waals surface area (Å²) < 4.78 is 0. The molecule has 2 aliphatic carbocycles. The summed E-state index contributed by atoms with van der Waals surface area (Å²) in [6.07, 6.45) is 7.31. The summed E-state index contributed by atoms with van der Waals surface area (Å²) in [6, 6.07) is 21.6. The van der Waals surface area contributed by atoms with Crippen LogP contribution in [-0.2, 0) is 20.1 Å². The van der Waals surface area contributed by atoms with Crippen molar-refractivity contribution in [2.45, 2.75) is 64.1 Å². The molecule has 0 aliphatic heterocycles. The maximum atomic E-state index is 9.89. The van der Waals surface area contributed by atoms with Crippen LogP contribution in [0.3, 0.4) is 0 Å². The van der Waals surface area contributed by atoms with Gasteiger partial charge in [0.2, 0.25) is 0 Å². The van der Waals surface area contributed by atoms with Crippen molar-refractivity contribution in [3.63, 3.8) is 0 Å². The fourth-order valence-corrected chi connectivity index (χ4v) is 5.10. The number of aliphatic hydroxyl groups excluding tert-OH is 2. The quantitative estimate of drug-likeness (QED) is 0.355. The zero-order valence-corrected chi connectivity index (χ0v) is 20.5. The van der Waals surface area contributed by atoms with Gasteiger partial charge in [-0.05, 0) is 61.7 Å². The number of aromatic nitrogens is 1. The predicted molar refractivity (Wildman–Crippen MR) is 122 cm³/mol. The molecule has 4 heteroatoms. The van der Waals surface area contributed by atoms with Crippen molar-refractivity contribution in [1.29, 1.82) is 0 Å². The van der Waals surface area contributed by atoms with E-state index in [1.165, 1.54) is 30.2 Å². The first-order valence-electron chi connectivity index (χ1n) is 11.3. The number of pyridine rings is 1. The van der Waals surface area contributed by atoms with E-state index in [0.717, 1.165) is 42.5 Å². The van der Waals surface area contributed by atoms with Crippen molar-refractivity contribution in [2.24, 2.45) is 11.8 Å². The molecule has 2 aromatic carbocycles. The number of nitrogens with zero attached hydrogens (tertiary/aromatic N) is 1. The normalized spacial score (nSPS) is 25.4. The second-order valence-corrected chi connectivity index (χ2v) is 8.86. The van der Waals surface area contributed by atoms with Crippen LogP contribution in [0.4, 0.5) is 0 Å². The van der Waals surface area contributed by atoms with Gasteiger partial charge in [0.15, 0.2) is 0 Å². The van der Waals surface area contributed by atoms with Crippen LogP contribution < -0.4 is 0 Å². The number of fused-ring (bicyclic) bond motifs is 2. The number of hydrogen-bond acceptors (Lipinski definition) is 3. The van der Waals surface area contributed by atoms with E-state index in [-0.39, 0.29) is 38.2 Å². The van der Waals surface area contributed by atoms with Crippen LogP contribution in [0.5, 0.6) is 0 Å². The Morgan fingerprint density at radius 2 is 1.61 bits per heavy atom. The van der Waals surface area contributed by atoms with Gasteiger partial charge in [-0.3, -0.25) is 4.98 Å². The van der Waals surface area contributed by atoms with Gasteiger partial charge in [-0.1, -0.05) is 43.0 Å². The van der Waals surface area contributed by atoms with Crippen molar-refractivity contribution in [1.82, 2.24) is 4.98 Å². The SMILES string of the molecule is Cc1ccc2nc(-c3[c-]cccc3)ccc2c1.OC1CCCCC2CCCC(O)C12.[Ir]. The largest absolute Gasteiger partial charge is 0.393 e. The Hall–Kier alpha value is -1.58. The summed E-state index contributed by atoms with van der Waals surface area (Å²) in [5.74, 6) is 0.789. The van der Waals surface area contributed by atoms with Crippen molar-refractivity contribution in [2.75, 3.05) is 0 Å². The smallest absolute Gasteiger partial charge is 0.0595 e. The third-order valence-electron chi connectivity index (χ3n) is 6.66. The van der Waals surface area contributed by atoms with E-state index in [1.54, 1.807) is 0 Å². The topological polar surface area (TPSA) is 53.4 Å². The third-order valence-corrected chi connectivity index (χ3v) is 6.66. The molecule has 0 spiro atoms. The third kappa shape index (κ3) is 6.02. The maximum Gasteiger partial charge on any atom is 0.0595 e. The van der Waals surface area contributed by atoms with Crippen LogP contribution in [0, 0.1) is 24.8 Å². The van der Waals surface area contributed by atoms with Gasteiger partial charge in [-0.2, -0.15) is 0 Å². The van der Waals surface area contributed by atoms with E-state index >= 15 is 0 Å². The molecule has 0 saturated heterocycles. The van der Waals surface area contributed by atoms with Crippen LogP contribution in [0.2, 0.25) is 0 Å². The van der Waals surface area contributed by atoms with E-state index < -0.39 is 0 Å². The molecule has 3 aromatic rings. The molecule has 2 fully saturated rings. The van der Waals surface area contributed by atoms with Crippen LogP contribution in [0.15, 0.2) is 54.6 Å². The Bertz CT molecular complexity index is 962. The molecule has 0 amide bonds. The van der Waals surface area contributed by atoms with Gasteiger partial charge in [-0.15, -0.1) is 35.9 Å². The average Bonchev–Trinajstić information content (AvgIpc) is 2.96. The molecule has 4 unspecified atom stereocenters. The zero-order valence-electron chi connectivity index (χ0n) is 18.1. The molecule has 31 heavy (non-hydrogen) atoms. The molecule has 1 heterocycles. The Kier molecular flexibility index (Phi) is 8.80. The molecule has 0 bridgehead atoms. The van der Waals surface area contributed by atoms with E-state index in [0.29, 0.717) is 5.92 Å². The van der Waals surface area contributed by atoms with Crippen LogP contribution in [0.25, 0.3) is 22.2 Å². The van der Waals surface area contributed by atoms with E-state index in [1.807, 2.05) is 30.3 Å². The van der Waals surface area contributed by atoms with Crippen molar-refractivity contribution in [3.05, 3.63) is 66.2 Å². The molecule has 167 valence electrons. The number of aryl methyl sites for hydroxylation is 1. The summed E-state index contributed by atoms with van der Waals surface area (Å²) in [6.45, 7) is 2.10. The maximum absolute atomic E-state index is 9.89. The van der Waals surface area contributed by atoms with Gasteiger partial charge in [0.25, 0.3) is 0 Å². The van der Waals surface area contributed by atoms with Gasteiger partial charge in [-0.25, -0.2) is 0 Å². The van der Waals surface area contributed by atoms with Crippen molar-refractivity contribution in [3.8, 4) is 11.3 Å². The van der Waals surface area contributed by atoms with E-state index in [9.17, 15) is 10.2 Å². The first-order chi connectivity index (χ1) is 14.6.